The molecule has 0 spiro atoms. The number of carbonyl (C=O) groups is 1. The van der Waals surface area contributed by atoms with Crippen LogP contribution in [0.1, 0.15) is 21.2 Å². The van der Waals surface area contributed by atoms with Gasteiger partial charge in [0.2, 0.25) is 5.72 Å². The van der Waals surface area contributed by atoms with Crippen LogP contribution in [0.2, 0.25) is 5.02 Å². The molecule has 0 saturated heterocycles. The molecule has 1 aliphatic rings. The molecule has 162 valence electrons. The second kappa shape index (κ2) is 9.09. The molecule has 0 unspecified atom stereocenters. The highest BCUT2D eigenvalue weighted by Crippen LogP contribution is 2.52. The van der Waals surface area contributed by atoms with E-state index in [0.29, 0.717) is 0 Å². The van der Waals surface area contributed by atoms with Gasteiger partial charge in [0.25, 0.3) is 0 Å². The van der Waals surface area contributed by atoms with Crippen molar-refractivity contribution in [2.75, 3.05) is 5.75 Å². The fourth-order valence-corrected chi connectivity index (χ4v) is 5.26. The lowest BCUT2D eigenvalue weighted by Gasteiger charge is -2.45. The zero-order valence-electron chi connectivity index (χ0n) is 15.8. The summed E-state index contributed by atoms with van der Waals surface area (Å²) in [5, 5.41) is 24.4. The van der Waals surface area contributed by atoms with E-state index in [4.69, 9.17) is 11.6 Å². The average molecular weight is 485 g/mol. The number of rotatable bonds is 6. The highest BCUT2D eigenvalue weighted by molar-refractivity contribution is 8.03. The molecule has 2 aromatic rings. The summed E-state index contributed by atoms with van der Waals surface area (Å²) in [6.07, 6.45) is -3.78. The fourth-order valence-electron chi connectivity index (χ4n) is 3.47. The van der Waals surface area contributed by atoms with Crippen LogP contribution >= 0.6 is 34.7 Å². The van der Waals surface area contributed by atoms with Crippen LogP contribution < -0.4 is 5.32 Å². The Labute approximate surface area is 190 Å². The van der Waals surface area contributed by atoms with Crippen LogP contribution in [-0.4, -0.2) is 28.5 Å². The normalized spacial score (nSPS) is 23.7. The number of alkyl halides is 3. The number of thioether (sulfide) groups is 1. The van der Waals surface area contributed by atoms with E-state index >= 15 is 0 Å². The van der Waals surface area contributed by atoms with Crippen LogP contribution in [0.5, 0.6) is 0 Å². The Hall–Kier alpha value is -2.25. The number of allylic oxidation sites excluding steroid dienone is 1. The molecule has 1 aromatic carbocycles. The Morgan fingerprint density at radius 3 is 2.65 bits per heavy atom. The maximum Gasteiger partial charge on any atom is 0.437 e. The van der Waals surface area contributed by atoms with E-state index in [2.05, 4.69) is 11.9 Å². The van der Waals surface area contributed by atoms with Crippen molar-refractivity contribution >= 4 is 40.5 Å². The third-order valence-corrected chi connectivity index (χ3v) is 7.07. The Balaban J connectivity index is 2.34. The first-order chi connectivity index (χ1) is 14.7. The summed E-state index contributed by atoms with van der Waals surface area (Å²) in [5.41, 5.74) is -3.58. The first kappa shape index (κ1) is 23.4. The van der Waals surface area contributed by atoms with Crippen LogP contribution in [-0.2, 0) is 0 Å². The van der Waals surface area contributed by atoms with Gasteiger partial charge in [0.15, 0.2) is 5.78 Å². The van der Waals surface area contributed by atoms with Crippen molar-refractivity contribution in [2.24, 2.45) is 5.92 Å². The van der Waals surface area contributed by atoms with E-state index in [1.165, 1.54) is 30.3 Å². The van der Waals surface area contributed by atoms with Gasteiger partial charge in [-0.05, 0) is 23.1 Å². The number of benzene rings is 1. The molecule has 4 nitrogen and oxygen atoms in total. The number of thiophene rings is 1. The number of halogens is 4. The van der Waals surface area contributed by atoms with Crippen LogP contribution in [0.4, 0.5) is 13.2 Å². The number of nitrogens with one attached hydrogen (secondary N) is 1. The number of hydrogen-bond donors (Lipinski definition) is 2. The topological polar surface area (TPSA) is 73.1 Å². The van der Waals surface area contributed by atoms with Gasteiger partial charge in [-0.2, -0.15) is 18.4 Å². The lowest BCUT2D eigenvalue weighted by atomic mass is 9.70. The smallest absolute Gasteiger partial charge is 0.363 e. The third kappa shape index (κ3) is 4.26. The number of ketones is 1. The SMILES string of the molecule is C=CCSC1=C(C#N)[C@@H](c2ccccc2Cl)[C@@H](C(=O)c2cccs2)[C@](O)(C(F)(F)F)N1. The van der Waals surface area contributed by atoms with Gasteiger partial charge in [0.05, 0.1) is 27.5 Å². The Morgan fingerprint density at radius 2 is 2.10 bits per heavy atom. The third-order valence-electron chi connectivity index (χ3n) is 4.83. The fraction of sp³-hybridized carbons (Fsp3) is 0.238. The molecule has 0 radical (unpaired) electrons. The summed E-state index contributed by atoms with van der Waals surface area (Å²) in [6.45, 7) is 3.54. The predicted octanol–water partition coefficient (Wildman–Crippen LogP) is 5.49. The van der Waals surface area contributed by atoms with Gasteiger partial charge < -0.3 is 10.4 Å². The van der Waals surface area contributed by atoms with E-state index < -0.39 is 29.5 Å². The summed E-state index contributed by atoms with van der Waals surface area (Å²) in [4.78, 5) is 13.3. The molecule has 2 heterocycles. The van der Waals surface area contributed by atoms with Crippen LogP contribution in [0.15, 0.2) is 65.0 Å². The van der Waals surface area contributed by atoms with Crippen LogP contribution in [0.25, 0.3) is 0 Å². The van der Waals surface area contributed by atoms with Crippen molar-refractivity contribution < 1.29 is 23.1 Å². The lowest BCUT2D eigenvalue weighted by Crippen LogP contribution is -2.66. The summed E-state index contributed by atoms with van der Waals surface area (Å²) in [7, 11) is 0. The molecule has 31 heavy (non-hydrogen) atoms. The first-order valence-electron chi connectivity index (χ1n) is 8.93. The second-order valence-electron chi connectivity index (χ2n) is 6.66. The number of carbonyl (C=O) groups excluding carboxylic acids is 1. The summed E-state index contributed by atoms with van der Waals surface area (Å²) < 4.78 is 42.8. The Bertz CT molecular complexity index is 1060. The highest BCUT2D eigenvalue weighted by atomic mass is 35.5. The average Bonchev–Trinajstić information content (AvgIpc) is 3.26. The molecule has 0 fully saturated rings. The first-order valence-corrected chi connectivity index (χ1v) is 11.2. The van der Waals surface area contributed by atoms with Crippen molar-refractivity contribution in [3.63, 3.8) is 0 Å². The maximum atomic E-state index is 14.3. The second-order valence-corrected chi connectivity index (χ2v) is 9.05. The van der Waals surface area contributed by atoms with Gasteiger partial charge in [-0.1, -0.05) is 41.9 Å². The summed E-state index contributed by atoms with van der Waals surface area (Å²) >= 11 is 8.12. The molecule has 3 atom stereocenters. The van der Waals surface area contributed by atoms with E-state index in [1.54, 1.807) is 17.5 Å². The van der Waals surface area contributed by atoms with Gasteiger partial charge in [-0.25, -0.2) is 0 Å². The van der Waals surface area contributed by atoms with E-state index in [9.17, 15) is 28.3 Å². The molecular formula is C21H16ClF3N2O2S2. The van der Waals surface area contributed by atoms with Gasteiger partial charge in [0.1, 0.15) is 0 Å². The van der Waals surface area contributed by atoms with Gasteiger partial charge in [0, 0.05) is 16.7 Å². The number of nitriles is 1. The number of aliphatic hydroxyl groups is 1. The van der Waals surface area contributed by atoms with Crippen molar-refractivity contribution in [1.29, 1.82) is 5.26 Å². The monoisotopic (exact) mass is 484 g/mol. The van der Waals surface area contributed by atoms with Gasteiger partial charge in [-0.3, -0.25) is 4.79 Å². The maximum absolute atomic E-state index is 14.3. The molecule has 0 aliphatic carbocycles. The largest absolute Gasteiger partial charge is 0.437 e. The number of hydrogen-bond acceptors (Lipinski definition) is 6. The van der Waals surface area contributed by atoms with Gasteiger partial charge in [-0.15, -0.1) is 29.7 Å². The minimum absolute atomic E-state index is 0.0333. The van der Waals surface area contributed by atoms with Crippen molar-refractivity contribution in [1.82, 2.24) is 5.32 Å². The van der Waals surface area contributed by atoms with Gasteiger partial charge >= 0.3 is 6.18 Å². The molecule has 1 aliphatic heterocycles. The van der Waals surface area contributed by atoms with Crippen molar-refractivity contribution in [2.45, 2.75) is 17.8 Å². The lowest BCUT2D eigenvalue weighted by molar-refractivity contribution is -0.285. The quantitative estimate of drug-likeness (QED) is 0.419. The van der Waals surface area contributed by atoms with Crippen molar-refractivity contribution in [3.05, 3.63) is 80.5 Å². The molecule has 3 rings (SSSR count). The Kier molecular flexibility index (Phi) is 6.86. The molecule has 2 N–H and O–H groups in total. The van der Waals surface area contributed by atoms with E-state index in [-0.39, 0.29) is 31.8 Å². The summed E-state index contributed by atoms with van der Waals surface area (Å²) in [5.74, 6) is -4.25. The molecule has 10 heteroatoms. The summed E-state index contributed by atoms with van der Waals surface area (Å²) in [6, 6.07) is 10.9. The Morgan fingerprint density at radius 1 is 1.39 bits per heavy atom. The van der Waals surface area contributed by atoms with E-state index in [1.807, 2.05) is 6.07 Å². The molecule has 0 amide bonds. The minimum atomic E-state index is -5.23. The predicted molar refractivity (Wildman–Crippen MR) is 116 cm³/mol. The molecule has 0 saturated carbocycles. The van der Waals surface area contributed by atoms with Crippen LogP contribution in [0.3, 0.4) is 0 Å². The highest BCUT2D eigenvalue weighted by Gasteiger charge is 2.66. The zero-order chi connectivity index (χ0) is 22.8. The van der Waals surface area contributed by atoms with Crippen LogP contribution in [0, 0.1) is 17.2 Å². The molecule has 0 bridgehead atoms. The van der Waals surface area contributed by atoms with E-state index in [0.717, 1.165) is 23.1 Å². The van der Waals surface area contributed by atoms with Crippen molar-refractivity contribution in [3.8, 4) is 6.07 Å². The zero-order valence-corrected chi connectivity index (χ0v) is 18.2. The minimum Gasteiger partial charge on any atom is -0.363 e. The molecule has 1 aromatic heterocycles. The number of nitrogens with zero attached hydrogens (tertiary/aromatic N) is 1. The number of Topliss-reactive ketones (excluding diaryl/α,β-unsaturated/α-hetero) is 1. The molecular weight excluding hydrogens is 469 g/mol. The standard InChI is InChI=1S/C21H16ClF3N2O2S2/c1-2-9-31-19-13(11-26)16(12-6-3-4-7-14(12)22)17(18(28)15-8-5-10-30-15)20(29,27-19)21(23,24)25/h2-8,10,16-17,27,29H,1,9H2/t16-,17+,20+/m1/s1.